The molecule has 94 valence electrons. The second-order valence-corrected chi connectivity index (χ2v) is 6.38. The molecule has 1 aromatic heterocycles. The number of aromatic nitrogens is 1. The molecule has 2 aromatic rings. The Balaban J connectivity index is 2.21. The van der Waals surface area contributed by atoms with Crippen LogP contribution in [0.2, 0.25) is 0 Å². The Morgan fingerprint density at radius 1 is 1.33 bits per heavy atom. The summed E-state index contributed by atoms with van der Waals surface area (Å²) in [5.74, 6) is 0.531. The molecule has 0 spiro atoms. The van der Waals surface area contributed by atoms with Crippen molar-refractivity contribution in [3.05, 3.63) is 40.5 Å². The first-order valence-corrected chi connectivity index (χ1v) is 7.17. The van der Waals surface area contributed by atoms with Crippen LogP contribution in [0, 0.1) is 0 Å². The first-order valence-electron chi connectivity index (χ1n) is 6.38. The van der Waals surface area contributed by atoms with E-state index in [1.165, 1.54) is 17.4 Å². The molecule has 1 aliphatic rings. The molecule has 0 radical (unpaired) electrons. The first kappa shape index (κ1) is 12.1. The van der Waals surface area contributed by atoms with Crippen LogP contribution >= 0.6 is 15.9 Å². The Kier molecular flexibility index (Phi) is 2.91. The van der Waals surface area contributed by atoms with Gasteiger partial charge in [-0.15, -0.1) is 0 Å². The van der Waals surface area contributed by atoms with Gasteiger partial charge in [0.2, 0.25) is 0 Å². The second-order valence-electron chi connectivity index (χ2n) is 5.53. The van der Waals surface area contributed by atoms with E-state index < -0.39 is 0 Å². The summed E-state index contributed by atoms with van der Waals surface area (Å²) in [6, 6.07) is 8.49. The lowest BCUT2D eigenvalue weighted by Gasteiger charge is -2.28. The van der Waals surface area contributed by atoms with E-state index in [9.17, 15) is 0 Å². The van der Waals surface area contributed by atoms with Gasteiger partial charge < -0.3 is 5.32 Å². The molecule has 0 bridgehead atoms. The van der Waals surface area contributed by atoms with Crippen LogP contribution in [0.1, 0.15) is 31.7 Å². The van der Waals surface area contributed by atoms with Gasteiger partial charge in [0, 0.05) is 27.5 Å². The van der Waals surface area contributed by atoms with E-state index in [1.807, 2.05) is 12.3 Å². The normalized spacial score (nSPS) is 22.5. The van der Waals surface area contributed by atoms with Gasteiger partial charge in [0.1, 0.15) is 0 Å². The maximum Gasteiger partial charge on any atom is 0.0748 e. The van der Waals surface area contributed by atoms with Gasteiger partial charge in [-0.2, -0.15) is 0 Å². The summed E-state index contributed by atoms with van der Waals surface area (Å²) >= 11 is 3.61. The van der Waals surface area contributed by atoms with Crippen LogP contribution in [-0.2, 0) is 0 Å². The van der Waals surface area contributed by atoms with Crippen molar-refractivity contribution in [2.24, 2.45) is 0 Å². The number of hydrogen-bond donors (Lipinski definition) is 1. The molecule has 1 atom stereocenters. The summed E-state index contributed by atoms with van der Waals surface area (Å²) < 4.78 is 1.12. The van der Waals surface area contributed by atoms with Crippen LogP contribution in [-0.4, -0.2) is 17.1 Å². The molecule has 1 aliphatic heterocycles. The van der Waals surface area contributed by atoms with Crippen LogP contribution < -0.4 is 5.32 Å². The van der Waals surface area contributed by atoms with Gasteiger partial charge in [0.15, 0.2) is 0 Å². The van der Waals surface area contributed by atoms with E-state index >= 15 is 0 Å². The third-order valence-electron chi connectivity index (χ3n) is 4.01. The minimum Gasteiger partial charge on any atom is -0.311 e. The summed E-state index contributed by atoms with van der Waals surface area (Å²) in [6.45, 7) is 5.64. The van der Waals surface area contributed by atoms with E-state index in [0.29, 0.717) is 5.92 Å². The zero-order valence-corrected chi connectivity index (χ0v) is 12.3. The minimum atomic E-state index is 0.151. The lowest BCUT2D eigenvalue weighted by atomic mass is 9.82. The van der Waals surface area contributed by atoms with Crippen molar-refractivity contribution >= 4 is 26.8 Å². The molecule has 0 amide bonds. The number of nitrogens with one attached hydrogen (secondary N) is 1. The fourth-order valence-corrected chi connectivity index (χ4v) is 3.46. The van der Waals surface area contributed by atoms with Crippen molar-refractivity contribution in [3.63, 3.8) is 0 Å². The number of rotatable bonds is 1. The summed E-state index contributed by atoms with van der Waals surface area (Å²) in [7, 11) is 0. The molecule has 1 unspecified atom stereocenters. The van der Waals surface area contributed by atoms with Crippen molar-refractivity contribution in [1.82, 2.24) is 10.3 Å². The Bertz CT molecular complexity index is 592. The number of hydrogen-bond acceptors (Lipinski definition) is 2. The van der Waals surface area contributed by atoms with Crippen LogP contribution in [0.25, 0.3) is 10.9 Å². The van der Waals surface area contributed by atoms with Crippen molar-refractivity contribution in [2.75, 3.05) is 6.54 Å². The van der Waals surface area contributed by atoms with E-state index in [2.05, 4.69) is 58.3 Å². The molecule has 2 heterocycles. The molecule has 1 saturated heterocycles. The van der Waals surface area contributed by atoms with Crippen molar-refractivity contribution in [1.29, 1.82) is 0 Å². The second kappa shape index (κ2) is 4.32. The fraction of sp³-hybridized carbons (Fsp3) is 0.400. The van der Waals surface area contributed by atoms with Crippen LogP contribution in [0.4, 0.5) is 0 Å². The van der Waals surface area contributed by atoms with Gasteiger partial charge in [-0.1, -0.05) is 28.1 Å². The quantitative estimate of drug-likeness (QED) is 0.865. The molecule has 1 fully saturated rings. The van der Waals surface area contributed by atoms with E-state index in [0.717, 1.165) is 16.5 Å². The lowest BCUT2D eigenvalue weighted by molar-refractivity contribution is 0.412. The molecular formula is C15H17BrN2. The molecule has 0 saturated carbocycles. The molecule has 1 N–H and O–H groups in total. The number of pyridine rings is 1. The highest BCUT2D eigenvalue weighted by molar-refractivity contribution is 9.10. The topological polar surface area (TPSA) is 24.9 Å². The average molecular weight is 305 g/mol. The Morgan fingerprint density at radius 3 is 2.89 bits per heavy atom. The lowest BCUT2D eigenvalue weighted by Crippen LogP contribution is -2.36. The summed E-state index contributed by atoms with van der Waals surface area (Å²) in [5, 5.41) is 4.79. The molecule has 1 aromatic carbocycles. The Morgan fingerprint density at radius 2 is 2.17 bits per heavy atom. The zero-order valence-electron chi connectivity index (χ0n) is 10.7. The van der Waals surface area contributed by atoms with Gasteiger partial charge in [-0.25, -0.2) is 0 Å². The van der Waals surface area contributed by atoms with E-state index in [1.54, 1.807) is 0 Å². The highest BCUT2D eigenvalue weighted by Gasteiger charge is 2.36. The summed E-state index contributed by atoms with van der Waals surface area (Å²) in [4.78, 5) is 4.59. The van der Waals surface area contributed by atoms with Gasteiger partial charge in [0.05, 0.1) is 5.52 Å². The maximum absolute atomic E-state index is 4.59. The van der Waals surface area contributed by atoms with Crippen molar-refractivity contribution in [3.8, 4) is 0 Å². The number of halogens is 1. The Labute approximate surface area is 116 Å². The molecular weight excluding hydrogens is 288 g/mol. The molecule has 18 heavy (non-hydrogen) atoms. The fourth-order valence-electron chi connectivity index (χ4n) is 3.01. The van der Waals surface area contributed by atoms with Gasteiger partial charge in [0.25, 0.3) is 0 Å². The first-order chi connectivity index (χ1) is 8.59. The summed E-state index contributed by atoms with van der Waals surface area (Å²) in [5.41, 5.74) is 2.65. The highest BCUT2D eigenvalue weighted by atomic mass is 79.9. The molecule has 0 aliphatic carbocycles. The number of fused-ring (bicyclic) bond motifs is 1. The third-order valence-corrected chi connectivity index (χ3v) is 4.70. The smallest absolute Gasteiger partial charge is 0.0748 e. The SMILES string of the molecule is CC1(C)NCCC1c1ccc(Br)c2cccnc12. The molecule has 2 nitrogen and oxygen atoms in total. The standard InChI is InChI=1S/C15H17BrN2/c1-15(2)12(7-9-18-15)10-5-6-13(16)11-4-3-8-17-14(10)11/h3-6,8,12,18H,7,9H2,1-2H3. The van der Waals surface area contributed by atoms with Crippen LogP contribution in [0.5, 0.6) is 0 Å². The van der Waals surface area contributed by atoms with Crippen LogP contribution in [0.15, 0.2) is 34.9 Å². The minimum absolute atomic E-state index is 0.151. The number of nitrogens with zero attached hydrogens (tertiary/aromatic N) is 1. The van der Waals surface area contributed by atoms with Crippen molar-refractivity contribution < 1.29 is 0 Å². The van der Waals surface area contributed by atoms with Gasteiger partial charge in [-0.05, 0) is 44.5 Å². The van der Waals surface area contributed by atoms with Crippen molar-refractivity contribution in [2.45, 2.75) is 31.7 Å². The average Bonchev–Trinajstić information content (AvgIpc) is 2.70. The zero-order chi connectivity index (χ0) is 12.8. The van der Waals surface area contributed by atoms with E-state index in [4.69, 9.17) is 0 Å². The maximum atomic E-state index is 4.59. The largest absolute Gasteiger partial charge is 0.311 e. The highest BCUT2D eigenvalue weighted by Crippen LogP contribution is 2.39. The van der Waals surface area contributed by atoms with Gasteiger partial charge >= 0.3 is 0 Å². The van der Waals surface area contributed by atoms with E-state index in [-0.39, 0.29) is 5.54 Å². The Hall–Kier alpha value is -0.930. The third kappa shape index (κ3) is 1.86. The predicted molar refractivity (Wildman–Crippen MR) is 78.9 cm³/mol. The monoisotopic (exact) mass is 304 g/mol. The molecule has 3 heteroatoms. The number of benzene rings is 1. The summed E-state index contributed by atoms with van der Waals surface area (Å²) in [6.07, 6.45) is 3.06. The van der Waals surface area contributed by atoms with Gasteiger partial charge in [-0.3, -0.25) is 4.98 Å². The molecule has 3 rings (SSSR count). The predicted octanol–water partition coefficient (Wildman–Crippen LogP) is 3.85. The van der Waals surface area contributed by atoms with Crippen LogP contribution in [0.3, 0.4) is 0 Å².